The lowest BCUT2D eigenvalue weighted by Gasteiger charge is -2.22. The van der Waals surface area contributed by atoms with Crippen LogP contribution in [0.2, 0.25) is 0 Å². The van der Waals surface area contributed by atoms with Gasteiger partial charge in [-0.2, -0.15) is 5.10 Å². The third kappa shape index (κ3) is 3.50. The van der Waals surface area contributed by atoms with Gasteiger partial charge in [0.25, 0.3) is 0 Å². The summed E-state index contributed by atoms with van der Waals surface area (Å²) < 4.78 is 8.30. The van der Waals surface area contributed by atoms with Crippen LogP contribution in [0.4, 0.5) is 0 Å². The fourth-order valence-electron chi connectivity index (χ4n) is 4.88. The summed E-state index contributed by atoms with van der Waals surface area (Å²) in [6.07, 6.45) is 10.1. The second-order valence-corrected chi connectivity index (χ2v) is 8.94. The van der Waals surface area contributed by atoms with Gasteiger partial charge in [-0.05, 0) is 30.7 Å². The molecule has 32 heavy (non-hydrogen) atoms. The summed E-state index contributed by atoms with van der Waals surface area (Å²) in [6.45, 7) is 2.80. The predicted molar refractivity (Wildman–Crippen MR) is 128 cm³/mol. The molecule has 2 aromatic carbocycles. The minimum atomic E-state index is 0.110. The summed E-state index contributed by atoms with van der Waals surface area (Å²) in [7, 11) is 0. The SMILES string of the molecule is Cc1c(C2=NC(c3ccccc3)CCO2)c(-c2ccccc2)nn1C1=CC2CC2C=CC1. The molecule has 1 fully saturated rings. The minimum Gasteiger partial charge on any atom is -0.477 e. The number of nitrogens with zero attached hydrogens (tertiary/aromatic N) is 3. The topological polar surface area (TPSA) is 39.4 Å². The van der Waals surface area contributed by atoms with Crippen molar-refractivity contribution >= 4 is 11.6 Å². The Morgan fingerprint density at radius 1 is 0.969 bits per heavy atom. The number of rotatable bonds is 4. The molecule has 3 atom stereocenters. The molecule has 2 heterocycles. The van der Waals surface area contributed by atoms with Gasteiger partial charge in [0, 0.05) is 24.1 Å². The number of hydrogen-bond acceptors (Lipinski definition) is 3. The Hall–Kier alpha value is -3.40. The highest BCUT2D eigenvalue weighted by molar-refractivity contribution is 6.01. The van der Waals surface area contributed by atoms with E-state index in [0.29, 0.717) is 24.3 Å². The van der Waals surface area contributed by atoms with Gasteiger partial charge in [0.15, 0.2) is 0 Å². The molecule has 6 rings (SSSR count). The maximum absolute atomic E-state index is 6.18. The first-order valence-electron chi connectivity index (χ1n) is 11.6. The summed E-state index contributed by atoms with van der Waals surface area (Å²) in [6, 6.07) is 21.0. The summed E-state index contributed by atoms with van der Waals surface area (Å²) in [4.78, 5) is 5.08. The quantitative estimate of drug-likeness (QED) is 0.470. The Balaban J connectivity index is 1.48. The van der Waals surface area contributed by atoms with Crippen LogP contribution in [0.25, 0.3) is 17.0 Å². The van der Waals surface area contributed by atoms with Crippen LogP contribution in [0.1, 0.15) is 42.1 Å². The fraction of sp³-hybridized carbons (Fsp3) is 0.286. The zero-order chi connectivity index (χ0) is 21.5. The molecule has 1 aromatic heterocycles. The Morgan fingerprint density at radius 2 is 1.75 bits per heavy atom. The van der Waals surface area contributed by atoms with Gasteiger partial charge >= 0.3 is 0 Å². The van der Waals surface area contributed by atoms with Gasteiger partial charge in [0.05, 0.1) is 23.9 Å². The lowest BCUT2D eigenvalue weighted by molar-refractivity contribution is 0.262. The minimum absolute atomic E-state index is 0.110. The molecule has 2 aliphatic carbocycles. The first kappa shape index (κ1) is 19.3. The molecule has 160 valence electrons. The van der Waals surface area contributed by atoms with Gasteiger partial charge in [0.2, 0.25) is 5.90 Å². The second kappa shape index (κ2) is 7.94. The zero-order valence-corrected chi connectivity index (χ0v) is 18.3. The Morgan fingerprint density at radius 3 is 2.56 bits per heavy atom. The van der Waals surface area contributed by atoms with E-state index in [1.165, 1.54) is 17.7 Å². The van der Waals surface area contributed by atoms with E-state index < -0.39 is 0 Å². The molecule has 0 N–H and O–H groups in total. The van der Waals surface area contributed by atoms with Crippen LogP contribution in [-0.4, -0.2) is 22.3 Å². The highest BCUT2D eigenvalue weighted by Crippen LogP contribution is 2.44. The number of aromatic nitrogens is 2. The maximum Gasteiger partial charge on any atom is 0.220 e. The van der Waals surface area contributed by atoms with Crippen molar-refractivity contribution in [2.45, 2.75) is 32.2 Å². The molecule has 0 saturated heterocycles. The molecule has 4 nitrogen and oxygen atoms in total. The van der Waals surface area contributed by atoms with E-state index in [1.807, 2.05) is 6.07 Å². The van der Waals surface area contributed by atoms with E-state index >= 15 is 0 Å². The van der Waals surface area contributed by atoms with Crippen molar-refractivity contribution in [3.63, 3.8) is 0 Å². The lowest BCUT2D eigenvalue weighted by atomic mass is 10.0. The number of benzene rings is 2. The molecule has 1 saturated carbocycles. The molecule has 0 radical (unpaired) electrons. The molecule has 4 heteroatoms. The largest absolute Gasteiger partial charge is 0.477 e. The first-order valence-corrected chi connectivity index (χ1v) is 11.6. The van der Waals surface area contributed by atoms with Gasteiger partial charge in [0.1, 0.15) is 5.69 Å². The maximum atomic E-state index is 6.18. The Bertz CT molecular complexity index is 1220. The molecule has 0 bridgehead atoms. The molecule has 0 amide bonds. The summed E-state index contributed by atoms with van der Waals surface area (Å²) in [5.41, 5.74) is 6.62. The number of aliphatic imine (C=N–C) groups is 1. The summed E-state index contributed by atoms with van der Waals surface area (Å²) in [5.74, 6) is 2.08. The third-order valence-electron chi connectivity index (χ3n) is 6.74. The summed E-state index contributed by atoms with van der Waals surface area (Å²) in [5, 5.41) is 5.12. The fourth-order valence-corrected chi connectivity index (χ4v) is 4.88. The number of fused-ring (bicyclic) bond motifs is 1. The molecule has 3 unspecified atom stereocenters. The molecular formula is C28H27N3O. The molecular weight excluding hydrogens is 394 g/mol. The van der Waals surface area contributed by atoms with Crippen molar-refractivity contribution < 1.29 is 4.74 Å². The van der Waals surface area contributed by atoms with Crippen LogP contribution in [0.15, 0.2) is 83.9 Å². The highest BCUT2D eigenvalue weighted by atomic mass is 16.5. The Labute approximate surface area is 189 Å². The van der Waals surface area contributed by atoms with Crippen LogP contribution >= 0.6 is 0 Å². The normalized spacial score (nSPS) is 24.1. The molecule has 1 aliphatic heterocycles. The van der Waals surface area contributed by atoms with E-state index in [1.54, 1.807) is 0 Å². The van der Waals surface area contributed by atoms with Crippen LogP contribution < -0.4 is 0 Å². The standard InChI is InChI=1S/C28H27N3O/c1-19-26(28-29-25(15-16-32-28)20-9-4-2-5-10-20)27(21-11-6-3-7-12-21)30-31(19)24-14-8-13-22-17-23(22)18-24/h2-13,18,22-23,25H,14-17H2,1H3. The van der Waals surface area contributed by atoms with Crippen molar-refractivity contribution in [2.75, 3.05) is 6.61 Å². The molecule has 3 aliphatic rings. The monoisotopic (exact) mass is 421 g/mol. The van der Waals surface area contributed by atoms with Crippen molar-refractivity contribution in [1.29, 1.82) is 0 Å². The van der Waals surface area contributed by atoms with E-state index in [2.05, 4.69) is 84.4 Å². The van der Waals surface area contributed by atoms with Crippen LogP contribution in [0.3, 0.4) is 0 Å². The van der Waals surface area contributed by atoms with E-state index in [9.17, 15) is 0 Å². The van der Waals surface area contributed by atoms with E-state index in [4.69, 9.17) is 14.8 Å². The average Bonchev–Trinajstić information content (AvgIpc) is 3.53. The number of ether oxygens (including phenoxy) is 1. The highest BCUT2D eigenvalue weighted by Gasteiger charge is 2.35. The Kier molecular flexibility index (Phi) is 4.79. The van der Waals surface area contributed by atoms with Gasteiger partial charge < -0.3 is 4.74 Å². The van der Waals surface area contributed by atoms with Gasteiger partial charge in [-0.15, -0.1) is 0 Å². The van der Waals surface area contributed by atoms with E-state index in [-0.39, 0.29) is 6.04 Å². The summed E-state index contributed by atoms with van der Waals surface area (Å²) >= 11 is 0. The zero-order valence-electron chi connectivity index (χ0n) is 18.3. The van der Waals surface area contributed by atoms with E-state index in [0.717, 1.165) is 35.4 Å². The number of hydrogen-bond donors (Lipinski definition) is 0. The number of allylic oxidation sites excluding steroid dienone is 4. The molecule has 0 spiro atoms. The van der Waals surface area contributed by atoms with Crippen LogP contribution in [0, 0.1) is 18.8 Å². The van der Waals surface area contributed by atoms with Gasteiger partial charge in [-0.3, -0.25) is 0 Å². The second-order valence-electron chi connectivity index (χ2n) is 8.94. The first-order chi connectivity index (χ1) is 15.8. The van der Waals surface area contributed by atoms with Crippen molar-refractivity contribution in [2.24, 2.45) is 16.8 Å². The third-order valence-corrected chi connectivity index (χ3v) is 6.74. The molecule has 3 aromatic rings. The predicted octanol–water partition coefficient (Wildman–Crippen LogP) is 6.20. The van der Waals surface area contributed by atoms with Gasteiger partial charge in [-0.25, -0.2) is 9.67 Å². The van der Waals surface area contributed by atoms with Crippen molar-refractivity contribution in [3.8, 4) is 11.3 Å². The van der Waals surface area contributed by atoms with Crippen molar-refractivity contribution in [1.82, 2.24) is 9.78 Å². The average molecular weight is 422 g/mol. The van der Waals surface area contributed by atoms with Crippen LogP contribution in [-0.2, 0) is 4.74 Å². The van der Waals surface area contributed by atoms with Gasteiger partial charge in [-0.1, -0.05) is 78.9 Å². The lowest BCUT2D eigenvalue weighted by Crippen LogP contribution is -2.19. The van der Waals surface area contributed by atoms with Crippen LogP contribution in [0.5, 0.6) is 0 Å². The van der Waals surface area contributed by atoms with Crippen molar-refractivity contribution in [3.05, 3.63) is 95.7 Å². The smallest absolute Gasteiger partial charge is 0.220 e.